The van der Waals surface area contributed by atoms with Gasteiger partial charge in [0.15, 0.2) is 0 Å². The van der Waals surface area contributed by atoms with Crippen molar-refractivity contribution in [3.8, 4) is 5.75 Å². The van der Waals surface area contributed by atoms with Crippen molar-refractivity contribution in [1.82, 2.24) is 5.32 Å². The SMILES string of the molecule is CCC(C)(C)NCc1cccc(OCc2cccc(Cl)c2)c1. The molecular formula is C19H24ClNO. The molecule has 0 spiro atoms. The summed E-state index contributed by atoms with van der Waals surface area (Å²) in [6, 6.07) is 16.0. The van der Waals surface area contributed by atoms with Crippen molar-refractivity contribution in [3.63, 3.8) is 0 Å². The van der Waals surface area contributed by atoms with Crippen LogP contribution in [0, 0.1) is 0 Å². The van der Waals surface area contributed by atoms with E-state index in [9.17, 15) is 0 Å². The maximum atomic E-state index is 5.99. The van der Waals surface area contributed by atoms with Gasteiger partial charge in [-0.15, -0.1) is 0 Å². The van der Waals surface area contributed by atoms with Crippen molar-refractivity contribution in [1.29, 1.82) is 0 Å². The van der Waals surface area contributed by atoms with Gasteiger partial charge in [-0.2, -0.15) is 0 Å². The van der Waals surface area contributed by atoms with Crippen molar-refractivity contribution < 1.29 is 4.74 Å². The van der Waals surface area contributed by atoms with Gasteiger partial charge in [0.2, 0.25) is 0 Å². The third kappa shape index (κ3) is 5.36. The molecule has 0 aromatic heterocycles. The first-order chi connectivity index (χ1) is 10.5. The van der Waals surface area contributed by atoms with Crippen LogP contribution in [0.1, 0.15) is 38.3 Å². The van der Waals surface area contributed by atoms with Gasteiger partial charge in [0.25, 0.3) is 0 Å². The van der Waals surface area contributed by atoms with E-state index >= 15 is 0 Å². The minimum Gasteiger partial charge on any atom is -0.489 e. The first-order valence-electron chi connectivity index (χ1n) is 7.70. The van der Waals surface area contributed by atoms with Crippen LogP contribution in [0.3, 0.4) is 0 Å². The van der Waals surface area contributed by atoms with Gasteiger partial charge in [-0.1, -0.05) is 42.8 Å². The summed E-state index contributed by atoms with van der Waals surface area (Å²) in [5, 5.41) is 4.30. The molecule has 0 unspecified atom stereocenters. The quantitative estimate of drug-likeness (QED) is 0.758. The van der Waals surface area contributed by atoms with Crippen molar-refractivity contribution in [2.24, 2.45) is 0 Å². The average molecular weight is 318 g/mol. The molecule has 1 N–H and O–H groups in total. The van der Waals surface area contributed by atoms with Crippen LogP contribution in [0.5, 0.6) is 5.75 Å². The van der Waals surface area contributed by atoms with E-state index in [4.69, 9.17) is 16.3 Å². The van der Waals surface area contributed by atoms with Gasteiger partial charge in [-0.3, -0.25) is 0 Å². The first-order valence-corrected chi connectivity index (χ1v) is 8.07. The summed E-state index contributed by atoms with van der Waals surface area (Å²) in [4.78, 5) is 0. The Morgan fingerprint density at radius 1 is 1.05 bits per heavy atom. The fraction of sp³-hybridized carbons (Fsp3) is 0.368. The van der Waals surface area contributed by atoms with Gasteiger partial charge >= 0.3 is 0 Å². The summed E-state index contributed by atoms with van der Waals surface area (Å²) in [7, 11) is 0. The number of benzene rings is 2. The second kappa shape index (κ2) is 7.66. The van der Waals surface area contributed by atoms with Crippen molar-refractivity contribution in [2.45, 2.75) is 45.9 Å². The number of rotatable bonds is 7. The molecule has 0 aliphatic rings. The summed E-state index contributed by atoms with van der Waals surface area (Å²) >= 11 is 5.99. The fourth-order valence-electron chi connectivity index (χ4n) is 2.00. The molecule has 2 aromatic carbocycles. The van der Waals surface area contributed by atoms with E-state index in [-0.39, 0.29) is 5.54 Å². The molecule has 0 saturated heterocycles. The zero-order valence-corrected chi connectivity index (χ0v) is 14.3. The maximum absolute atomic E-state index is 5.99. The van der Waals surface area contributed by atoms with Gasteiger partial charge in [0.05, 0.1) is 0 Å². The highest BCUT2D eigenvalue weighted by Gasteiger charge is 2.13. The highest BCUT2D eigenvalue weighted by Crippen LogP contribution is 2.18. The summed E-state index contributed by atoms with van der Waals surface area (Å²) in [6.07, 6.45) is 1.10. The van der Waals surface area contributed by atoms with Gasteiger partial charge in [0, 0.05) is 17.1 Å². The van der Waals surface area contributed by atoms with Gasteiger partial charge in [-0.05, 0) is 55.7 Å². The number of hydrogen-bond donors (Lipinski definition) is 1. The number of ether oxygens (including phenoxy) is 1. The van der Waals surface area contributed by atoms with E-state index in [2.05, 4.69) is 38.2 Å². The summed E-state index contributed by atoms with van der Waals surface area (Å²) in [5.41, 5.74) is 2.45. The number of halogens is 1. The van der Waals surface area contributed by atoms with Gasteiger partial charge in [-0.25, -0.2) is 0 Å². The Kier molecular flexibility index (Phi) is 5.87. The molecule has 2 aromatic rings. The third-order valence-corrected chi connectivity index (χ3v) is 4.08. The van der Waals surface area contributed by atoms with Crippen LogP contribution in [0.2, 0.25) is 5.02 Å². The smallest absolute Gasteiger partial charge is 0.120 e. The molecule has 0 radical (unpaired) electrons. The molecule has 0 saturated carbocycles. The molecule has 0 atom stereocenters. The molecule has 2 rings (SSSR count). The normalized spacial score (nSPS) is 11.5. The van der Waals surface area contributed by atoms with Gasteiger partial charge < -0.3 is 10.1 Å². The standard InChI is InChI=1S/C19H24ClNO/c1-4-19(2,3)21-13-15-7-6-10-18(12-15)22-14-16-8-5-9-17(20)11-16/h5-12,21H,4,13-14H2,1-3H3. The molecule has 0 aliphatic heterocycles. The monoisotopic (exact) mass is 317 g/mol. The van der Waals surface area contributed by atoms with E-state index in [0.29, 0.717) is 6.61 Å². The summed E-state index contributed by atoms with van der Waals surface area (Å²) in [6.45, 7) is 7.99. The molecule has 0 amide bonds. The van der Waals surface area contributed by atoms with Crippen LogP contribution in [0.25, 0.3) is 0 Å². The van der Waals surface area contributed by atoms with Crippen LogP contribution < -0.4 is 10.1 Å². The lowest BCUT2D eigenvalue weighted by Crippen LogP contribution is -2.37. The minimum atomic E-state index is 0.150. The van der Waals surface area contributed by atoms with E-state index in [1.54, 1.807) is 0 Å². The molecule has 0 fully saturated rings. The summed E-state index contributed by atoms with van der Waals surface area (Å²) < 4.78 is 5.86. The zero-order chi connectivity index (χ0) is 16.0. The van der Waals surface area contributed by atoms with Crippen LogP contribution in [0.4, 0.5) is 0 Å². The largest absolute Gasteiger partial charge is 0.489 e. The molecule has 3 heteroatoms. The topological polar surface area (TPSA) is 21.3 Å². The van der Waals surface area contributed by atoms with Crippen molar-refractivity contribution in [3.05, 3.63) is 64.7 Å². The Hall–Kier alpha value is -1.51. The predicted molar refractivity (Wildman–Crippen MR) is 93.4 cm³/mol. The lowest BCUT2D eigenvalue weighted by atomic mass is 10.0. The van der Waals surface area contributed by atoms with E-state index in [1.807, 2.05) is 36.4 Å². The lowest BCUT2D eigenvalue weighted by Gasteiger charge is -2.24. The van der Waals surface area contributed by atoms with Crippen LogP contribution in [0.15, 0.2) is 48.5 Å². The van der Waals surface area contributed by atoms with Crippen LogP contribution >= 0.6 is 11.6 Å². The Labute approximate surface area is 138 Å². The molecule has 0 aliphatic carbocycles. The molecule has 0 heterocycles. The van der Waals surface area contributed by atoms with E-state index < -0.39 is 0 Å². The summed E-state index contributed by atoms with van der Waals surface area (Å²) in [5.74, 6) is 0.883. The van der Waals surface area contributed by atoms with Crippen LogP contribution in [-0.4, -0.2) is 5.54 Å². The first kappa shape index (κ1) is 16.9. The number of hydrogen-bond acceptors (Lipinski definition) is 2. The molecule has 22 heavy (non-hydrogen) atoms. The molecule has 2 nitrogen and oxygen atoms in total. The highest BCUT2D eigenvalue weighted by atomic mass is 35.5. The lowest BCUT2D eigenvalue weighted by molar-refractivity contribution is 0.305. The average Bonchev–Trinajstić information content (AvgIpc) is 2.52. The van der Waals surface area contributed by atoms with E-state index in [0.717, 1.165) is 29.3 Å². The number of nitrogens with one attached hydrogen (secondary N) is 1. The Morgan fingerprint density at radius 2 is 1.77 bits per heavy atom. The Morgan fingerprint density at radius 3 is 2.50 bits per heavy atom. The highest BCUT2D eigenvalue weighted by molar-refractivity contribution is 6.30. The zero-order valence-electron chi connectivity index (χ0n) is 13.5. The minimum absolute atomic E-state index is 0.150. The van der Waals surface area contributed by atoms with Crippen LogP contribution in [-0.2, 0) is 13.2 Å². The van der Waals surface area contributed by atoms with Crippen molar-refractivity contribution >= 4 is 11.6 Å². The second-order valence-corrected chi connectivity index (χ2v) is 6.59. The van der Waals surface area contributed by atoms with Gasteiger partial charge in [0.1, 0.15) is 12.4 Å². The molecule has 0 bridgehead atoms. The predicted octanol–water partition coefficient (Wildman–Crippen LogP) is 5.20. The van der Waals surface area contributed by atoms with E-state index in [1.165, 1.54) is 5.56 Å². The third-order valence-electron chi connectivity index (χ3n) is 3.85. The molecule has 118 valence electrons. The second-order valence-electron chi connectivity index (χ2n) is 6.16. The fourth-order valence-corrected chi connectivity index (χ4v) is 2.22. The maximum Gasteiger partial charge on any atom is 0.120 e. The Balaban J connectivity index is 1.94. The Bertz CT molecular complexity index is 610. The molecular weight excluding hydrogens is 294 g/mol. The van der Waals surface area contributed by atoms with Crippen molar-refractivity contribution in [2.75, 3.05) is 0 Å².